The van der Waals surface area contributed by atoms with Gasteiger partial charge in [0.15, 0.2) is 0 Å². The summed E-state index contributed by atoms with van der Waals surface area (Å²) in [6, 6.07) is 0. The average Bonchev–Trinajstić information content (AvgIpc) is 2.69. The van der Waals surface area contributed by atoms with Gasteiger partial charge >= 0.3 is 11.9 Å². The van der Waals surface area contributed by atoms with Gasteiger partial charge in [-0.15, -0.1) is 0 Å². The van der Waals surface area contributed by atoms with Crippen LogP contribution in [0.1, 0.15) is 117 Å². The summed E-state index contributed by atoms with van der Waals surface area (Å²) >= 11 is 0. The smallest absolute Gasteiger partial charge is 0.331 e. The molecule has 28 heavy (non-hydrogen) atoms. The molecule has 0 bridgehead atoms. The van der Waals surface area contributed by atoms with Crippen LogP contribution in [0.4, 0.5) is 0 Å². The first-order valence-corrected chi connectivity index (χ1v) is 11.7. The third-order valence-electron chi connectivity index (χ3n) is 4.84. The van der Waals surface area contributed by atoms with Crippen molar-refractivity contribution in [3.63, 3.8) is 0 Å². The Hall–Kier alpha value is -1.32. The van der Waals surface area contributed by atoms with Gasteiger partial charge in [0.2, 0.25) is 0 Å². The van der Waals surface area contributed by atoms with Crippen LogP contribution in [0.5, 0.6) is 0 Å². The summed E-state index contributed by atoms with van der Waals surface area (Å²) in [5.41, 5.74) is 0. The zero-order valence-electron chi connectivity index (χ0n) is 18.5. The van der Waals surface area contributed by atoms with Crippen LogP contribution in [0.15, 0.2) is 12.2 Å². The number of unbranched alkanes of at least 4 members (excludes halogenated alkanes) is 14. The Morgan fingerprint density at radius 1 is 0.500 bits per heavy atom. The van der Waals surface area contributed by atoms with Crippen molar-refractivity contribution in [3.05, 3.63) is 12.2 Å². The lowest BCUT2D eigenvalue weighted by Crippen LogP contribution is -2.06. The van der Waals surface area contributed by atoms with Gasteiger partial charge in [-0.05, 0) is 12.8 Å². The lowest BCUT2D eigenvalue weighted by atomic mass is 10.1. The van der Waals surface area contributed by atoms with E-state index in [4.69, 9.17) is 9.47 Å². The molecule has 0 aromatic heterocycles. The molecule has 0 aliphatic rings. The summed E-state index contributed by atoms with van der Waals surface area (Å²) in [7, 11) is 0. The van der Waals surface area contributed by atoms with Crippen molar-refractivity contribution >= 4 is 11.9 Å². The second kappa shape index (κ2) is 22.0. The molecule has 4 heteroatoms. The summed E-state index contributed by atoms with van der Waals surface area (Å²) in [5.74, 6) is -0.933. The summed E-state index contributed by atoms with van der Waals surface area (Å²) < 4.78 is 10.2. The van der Waals surface area contributed by atoms with Crippen molar-refractivity contribution in [3.8, 4) is 0 Å². The topological polar surface area (TPSA) is 52.6 Å². The van der Waals surface area contributed by atoms with E-state index in [0.29, 0.717) is 13.2 Å². The first kappa shape index (κ1) is 26.7. The van der Waals surface area contributed by atoms with Crippen LogP contribution in [-0.4, -0.2) is 25.2 Å². The molecule has 4 nitrogen and oxygen atoms in total. The molecular weight excluding hydrogens is 352 g/mol. The fourth-order valence-electron chi connectivity index (χ4n) is 3.05. The third kappa shape index (κ3) is 21.0. The fraction of sp³-hybridized carbons (Fsp3) is 0.833. The van der Waals surface area contributed by atoms with Crippen LogP contribution in [0, 0.1) is 0 Å². The van der Waals surface area contributed by atoms with E-state index in [1.807, 2.05) is 0 Å². The van der Waals surface area contributed by atoms with Gasteiger partial charge in [0.05, 0.1) is 13.2 Å². The highest BCUT2D eigenvalue weighted by molar-refractivity contribution is 5.91. The highest BCUT2D eigenvalue weighted by Crippen LogP contribution is 2.10. The molecule has 0 aliphatic carbocycles. The number of carbonyl (C=O) groups is 2. The highest BCUT2D eigenvalue weighted by Gasteiger charge is 2.01. The predicted molar refractivity (Wildman–Crippen MR) is 116 cm³/mol. The molecular formula is C24H44O4. The summed E-state index contributed by atoms with van der Waals surface area (Å²) in [4.78, 5) is 23.1. The van der Waals surface area contributed by atoms with Crippen LogP contribution in [0.2, 0.25) is 0 Å². The quantitative estimate of drug-likeness (QED) is 0.127. The summed E-state index contributed by atoms with van der Waals surface area (Å²) in [6.45, 7) is 5.28. The van der Waals surface area contributed by atoms with Crippen molar-refractivity contribution < 1.29 is 19.1 Å². The van der Waals surface area contributed by atoms with Gasteiger partial charge in [0.25, 0.3) is 0 Å². The molecule has 0 N–H and O–H groups in total. The standard InChI is InChI=1S/C24H44O4/c1-3-5-7-9-11-12-13-14-16-18-22-28-24(26)20-19-23(25)27-21-17-15-10-8-6-4-2/h19-20H,3-18,21-22H2,1-2H3/b20-19-. The maximum absolute atomic E-state index is 11.6. The molecule has 164 valence electrons. The first-order chi connectivity index (χ1) is 13.7. The van der Waals surface area contributed by atoms with Gasteiger partial charge in [-0.3, -0.25) is 0 Å². The van der Waals surface area contributed by atoms with Gasteiger partial charge in [-0.25, -0.2) is 9.59 Å². The van der Waals surface area contributed by atoms with Crippen LogP contribution in [0.3, 0.4) is 0 Å². The molecule has 0 unspecified atom stereocenters. The van der Waals surface area contributed by atoms with E-state index in [1.54, 1.807) is 0 Å². The predicted octanol–water partition coefficient (Wildman–Crippen LogP) is 6.91. The Labute approximate surface area is 173 Å². The van der Waals surface area contributed by atoms with E-state index in [2.05, 4.69) is 13.8 Å². The molecule has 0 saturated carbocycles. The van der Waals surface area contributed by atoms with Gasteiger partial charge in [-0.2, -0.15) is 0 Å². The number of hydrogen-bond donors (Lipinski definition) is 0. The summed E-state index contributed by atoms with van der Waals surface area (Å²) in [5, 5.41) is 0. The molecule has 0 rings (SSSR count). The number of esters is 2. The van der Waals surface area contributed by atoms with Crippen molar-refractivity contribution in [2.45, 2.75) is 117 Å². The van der Waals surface area contributed by atoms with Crippen LogP contribution in [0.25, 0.3) is 0 Å². The zero-order chi connectivity index (χ0) is 20.7. The number of carbonyl (C=O) groups excluding carboxylic acids is 2. The monoisotopic (exact) mass is 396 g/mol. The number of rotatable bonds is 20. The minimum Gasteiger partial charge on any atom is -0.463 e. The van der Waals surface area contributed by atoms with Crippen molar-refractivity contribution in [2.24, 2.45) is 0 Å². The van der Waals surface area contributed by atoms with Gasteiger partial charge < -0.3 is 9.47 Å². The van der Waals surface area contributed by atoms with E-state index in [0.717, 1.165) is 31.8 Å². The van der Waals surface area contributed by atoms with E-state index in [9.17, 15) is 9.59 Å². The van der Waals surface area contributed by atoms with Gasteiger partial charge in [0.1, 0.15) is 0 Å². The molecule has 0 heterocycles. The van der Waals surface area contributed by atoms with E-state index < -0.39 is 11.9 Å². The molecule has 0 amide bonds. The highest BCUT2D eigenvalue weighted by atomic mass is 16.5. The third-order valence-corrected chi connectivity index (χ3v) is 4.84. The van der Waals surface area contributed by atoms with Crippen LogP contribution >= 0.6 is 0 Å². The Kier molecular flexibility index (Phi) is 20.9. The lowest BCUT2D eigenvalue weighted by Gasteiger charge is -2.04. The minimum atomic E-state index is -0.468. The Morgan fingerprint density at radius 2 is 0.786 bits per heavy atom. The molecule has 0 radical (unpaired) electrons. The maximum atomic E-state index is 11.6. The van der Waals surface area contributed by atoms with E-state index >= 15 is 0 Å². The largest absolute Gasteiger partial charge is 0.463 e. The SMILES string of the molecule is CCCCCCCCCCCCOC(=O)/C=C\C(=O)OCCCCCCCC. The van der Waals surface area contributed by atoms with Gasteiger partial charge in [-0.1, -0.05) is 104 Å². The second-order valence-electron chi connectivity index (χ2n) is 7.62. The van der Waals surface area contributed by atoms with Gasteiger partial charge in [0, 0.05) is 12.2 Å². The molecule has 0 fully saturated rings. The molecule has 0 spiro atoms. The van der Waals surface area contributed by atoms with Crippen LogP contribution in [-0.2, 0) is 19.1 Å². The van der Waals surface area contributed by atoms with Crippen molar-refractivity contribution in [2.75, 3.05) is 13.2 Å². The molecule has 0 aromatic carbocycles. The normalized spacial score (nSPS) is 11.1. The molecule has 0 aromatic rings. The number of ether oxygens (including phenoxy) is 2. The number of hydrogen-bond acceptors (Lipinski definition) is 4. The zero-order valence-corrected chi connectivity index (χ0v) is 18.5. The fourth-order valence-corrected chi connectivity index (χ4v) is 3.05. The maximum Gasteiger partial charge on any atom is 0.331 e. The summed E-state index contributed by atoms with van der Waals surface area (Å²) in [6.07, 6.45) is 21.7. The second-order valence-corrected chi connectivity index (χ2v) is 7.62. The minimum absolute atomic E-state index is 0.420. The van der Waals surface area contributed by atoms with Crippen molar-refractivity contribution in [1.82, 2.24) is 0 Å². The first-order valence-electron chi connectivity index (χ1n) is 11.7. The average molecular weight is 397 g/mol. The van der Waals surface area contributed by atoms with Crippen molar-refractivity contribution in [1.29, 1.82) is 0 Å². The lowest BCUT2D eigenvalue weighted by molar-refractivity contribution is -0.140. The Bertz CT molecular complexity index is 390. The molecule has 0 saturated heterocycles. The van der Waals surface area contributed by atoms with E-state index in [-0.39, 0.29) is 0 Å². The molecule has 0 atom stereocenters. The van der Waals surface area contributed by atoms with Crippen LogP contribution < -0.4 is 0 Å². The molecule has 0 aliphatic heterocycles. The Morgan fingerprint density at radius 3 is 1.11 bits per heavy atom. The Balaban J connectivity index is 3.41. The van der Waals surface area contributed by atoms with E-state index in [1.165, 1.54) is 83.1 Å².